The maximum Gasteiger partial charge on any atom is 0.127 e. The average molecular weight is 429 g/mol. The van der Waals surface area contributed by atoms with Gasteiger partial charge in [0.15, 0.2) is 0 Å². The van der Waals surface area contributed by atoms with E-state index in [0.29, 0.717) is 0 Å². The molecule has 6 heteroatoms. The average Bonchev–Trinajstić information content (AvgIpc) is 3.36. The van der Waals surface area contributed by atoms with E-state index in [0.717, 1.165) is 56.3 Å². The Morgan fingerprint density at radius 1 is 1.14 bits per heavy atom. The van der Waals surface area contributed by atoms with Crippen LogP contribution in [0, 0.1) is 6.92 Å². The molecule has 3 nitrogen and oxygen atoms in total. The molecule has 0 bridgehead atoms. The molecule has 0 aliphatic carbocycles. The number of nitrogens with zero attached hydrogens (tertiary/aromatic N) is 1. The van der Waals surface area contributed by atoms with Crippen molar-refractivity contribution >= 4 is 50.6 Å². The van der Waals surface area contributed by atoms with Crippen LogP contribution >= 0.6 is 34.7 Å². The standard InChI is InChI=1S/C18H14N2S2.C4H10OS/c1-11-17(19)16-13(12-6-3-2-4-7-12)10-14(20-18(16)22-11)15-8-5-9-21-15;1-2-3-4-6-5/h2-10H,19H2,1H3;5H,2-4H2,1H3. The van der Waals surface area contributed by atoms with E-state index in [1.54, 1.807) is 22.7 Å². The quantitative estimate of drug-likeness (QED) is 0.254. The van der Waals surface area contributed by atoms with Crippen LogP contribution < -0.4 is 5.73 Å². The Balaban J connectivity index is 0.000000330. The van der Waals surface area contributed by atoms with Gasteiger partial charge in [-0.3, -0.25) is 0 Å². The summed E-state index contributed by atoms with van der Waals surface area (Å²) < 4.78 is 8.11. The van der Waals surface area contributed by atoms with Gasteiger partial charge in [0.25, 0.3) is 0 Å². The lowest BCUT2D eigenvalue weighted by Gasteiger charge is -2.07. The lowest BCUT2D eigenvalue weighted by molar-refractivity contribution is 0.659. The first kappa shape index (κ1) is 20.9. The molecule has 0 radical (unpaired) electrons. The number of anilines is 1. The Morgan fingerprint density at radius 3 is 2.54 bits per heavy atom. The number of rotatable bonds is 5. The van der Waals surface area contributed by atoms with Gasteiger partial charge in [-0.1, -0.05) is 49.7 Å². The van der Waals surface area contributed by atoms with E-state index >= 15 is 0 Å². The zero-order valence-electron chi connectivity index (χ0n) is 16.0. The third-order valence-corrected chi connectivity index (χ3v) is 6.71. The molecule has 0 spiro atoms. The third-order valence-electron chi connectivity index (χ3n) is 4.33. The Bertz CT molecular complexity index is 1010. The molecule has 3 N–H and O–H groups in total. The molecule has 0 aliphatic rings. The van der Waals surface area contributed by atoms with E-state index in [9.17, 15) is 0 Å². The minimum Gasteiger partial charge on any atom is -0.397 e. The van der Waals surface area contributed by atoms with Gasteiger partial charge in [-0.05, 0) is 54.0 Å². The summed E-state index contributed by atoms with van der Waals surface area (Å²) in [6.45, 7) is 4.16. The number of hydrogen-bond donors (Lipinski definition) is 2. The normalized spacial score (nSPS) is 10.7. The topological polar surface area (TPSA) is 59.1 Å². The summed E-state index contributed by atoms with van der Waals surface area (Å²) in [6.07, 6.45) is 2.30. The number of pyridine rings is 1. The van der Waals surface area contributed by atoms with E-state index in [1.807, 2.05) is 6.07 Å². The van der Waals surface area contributed by atoms with Crippen molar-refractivity contribution in [1.82, 2.24) is 4.98 Å². The van der Waals surface area contributed by atoms with Crippen LogP contribution in [0.4, 0.5) is 5.69 Å². The van der Waals surface area contributed by atoms with Crippen LogP contribution in [0.2, 0.25) is 0 Å². The molecule has 0 atom stereocenters. The molecular weight excluding hydrogens is 404 g/mol. The van der Waals surface area contributed by atoms with Crippen LogP contribution in [0.25, 0.3) is 31.9 Å². The molecule has 0 saturated heterocycles. The fraction of sp³-hybridized carbons (Fsp3) is 0.227. The molecule has 0 saturated carbocycles. The van der Waals surface area contributed by atoms with Gasteiger partial charge < -0.3 is 10.3 Å². The van der Waals surface area contributed by atoms with E-state index in [-0.39, 0.29) is 0 Å². The van der Waals surface area contributed by atoms with Crippen molar-refractivity contribution in [2.45, 2.75) is 26.7 Å². The molecule has 3 heterocycles. The number of benzene rings is 1. The van der Waals surface area contributed by atoms with Gasteiger partial charge in [-0.15, -0.1) is 22.7 Å². The van der Waals surface area contributed by atoms with Crippen molar-refractivity contribution in [3.05, 3.63) is 58.8 Å². The summed E-state index contributed by atoms with van der Waals surface area (Å²) in [5.74, 6) is 0.885. The van der Waals surface area contributed by atoms with Crippen molar-refractivity contribution in [2.75, 3.05) is 11.5 Å². The highest BCUT2D eigenvalue weighted by Gasteiger charge is 2.16. The molecule has 4 aromatic rings. The fourth-order valence-electron chi connectivity index (χ4n) is 2.84. The van der Waals surface area contributed by atoms with Crippen molar-refractivity contribution in [3.63, 3.8) is 0 Å². The predicted molar refractivity (Wildman–Crippen MR) is 128 cm³/mol. The fourth-order valence-corrected chi connectivity index (χ4v) is 4.91. The second-order valence-corrected chi connectivity index (χ2v) is 9.15. The number of hydrogen-bond acceptors (Lipinski definition) is 6. The van der Waals surface area contributed by atoms with Crippen LogP contribution in [0.5, 0.6) is 0 Å². The lowest BCUT2D eigenvalue weighted by atomic mass is 10.0. The van der Waals surface area contributed by atoms with Gasteiger partial charge in [-0.2, -0.15) is 0 Å². The number of nitrogen functional groups attached to an aromatic ring is 1. The van der Waals surface area contributed by atoms with Crippen molar-refractivity contribution < 1.29 is 4.55 Å². The number of unbranched alkanes of at least 4 members (excludes halogenated alkanes) is 1. The number of fused-ring (bicyclic) bond motifs is 1. The monoisotopic (exact) mass is 428 g/mol. The minimum absolute atomic E-state index is 0.851. The molecule has 4 rings (SSSR count). The smallest absolute Gasteiger partial charge is 0.127 e. The zero-order chi connectivity index (χ0) is 19.9. The van der Waals surface area contributed by atoms with E-state index in [2.05, 4.69) is 61.7 Å². The minimum atomic E-state index is 0.851. The van der Waals surface area contributed by atoms with Crippen molar-refractivity contribution in [1.29, 1.82) is 0 Å². The molecule has 0 aliphatic heterocycles. The number of thiophene rings is 2. The summed E-state index contributed by atoms with van der Waals surface area (Å²) in [4.78, 5) is 8.16. The summed E-state index contributed by atoms with van der Waals surface area (Å²) >= 11 is 4.30. The summed E-state index contributed by atoms with van der Waals surface area (Å²) in [5.41, 5.74) is 10.5. The third kappa shape index (κ3) is 4.75. The molecule has 3 aromatic heterocycles. The van der Waals surface area contributed by atoms with Crippen LogP contribution in [0.1, 0.15) is 24.6 Å². The molecule has 146 valence electrons. The maximum absolute atomic E-state index is 8.11. The maximum atomic E-state index is 8.11. The van der Waals surface area contributed by atoms with Crippen LogP contribution in [-0.2, 0) is 0 Å². The Morgan fingerprint density at radius 2 is 1.93 bits per heavy atom. The molecular formula is C22H24N2OS3. The van der Waals surface area contributed by atoms with Gasteiger partial charge in [0.2, 0.25) is 0 Å². The largest absolute Gasteiger partial charge is 0.397 e. The molecule has 1 aromatic carbocycles. The molecule has 0 fully saturated rings. The second-order valence-electron chi connectivity index (χ2n) is 6.34. The Kier molecular flexibility index (Phi) is 7.50. The first-order valence-corrected chi connectivity index (χ1v) is 11.8. The van der Waals surface area contributed by atoms with Gasteiger partial charge >= 0.3 is 0 Å². The number of aryl methyl sites for hydroxylation is 1. The summed E-state index contributed by atoms with van der Waals surface area (Å²) in [7, 11) is 0. The van der Waals surface area contributed by atoms with Crippen molar-refractivity contribution in [2.24, 2.45) is 0 Å². The van der Waals surface area contributed by atoms with E-state index < -0.39 is 0 Å². The summed E-state index contributed by atoms with van der Waals surface area (Å²) in [6, 6.07) is 16.7. The highest BCUT2D eigenvalue weighted by Crippen LogP contribution is 2.41. The predicted octanol–water partition coefficient (Wildman–Crippen LogP) is 7.58. The lowest BCUT2D eigenvalue weighted by Crippen LogP contribution is -1.90. The van der Waals surface area contributed by atoms with Gasteiger partial charge in [0.05, 0.1) is 16.3 Å². The summed E-state index contributed by atoms with van der Waals surface area (Å²) in [5, 5.41) is 3.16. The van der Waals surface area contributed by atoms with Crippen molar-refractivity contribution in [3.8, 4) is 21.7 Å². The SMILES string of the molecule is CCCCSO.Cc1sc2nc(-c3cccs3)cc(-c3ccccc3)c2c1N. The molecule has 0 unspecified atom stereocenters. The number of aromatic nitrogens is 1. The zero-order valence-corrected chi connectivity index (χ0v) is 18.5. The second kappa shape index (κ2) is 10.1. The first-order chi connectivity index (χ1) is 13.7. The van der Waals surface area contributed by atoms with E-state index in [1.165, 1.54) is 16.9 Å². The highest BCUT2D eigenvalue weighted by atomic mass is 32.2. The van der Waals surface area contributed by atoms with E-state index in [4.69, 9.17) is 15.3 Å². The van der Waals surface area contributed by atoms with Gasteiger partial charge in [0, 0.05) is 16.0 Å². The molecule has 28 heavy (non-hydrogen) atoms. The number of nitrogens with two attached hydrogens (primary N) is 1. The van der Waals surface area contributed by atoms with Crippen LogP contribution in [0.3, 0.4) is 0 Å². The Labute approximate surface area is 178 Å². The van der Waals surface area contributed by atoms with Crippen LogP contribution in [0.15, 0.2) is 53.9 Å². The van der Waals surface area contributed by atoms with Crippen LogP contribution in [-0.4, -0.2) is 15.3 Å². The van der Waals surface area contributed by atoms with Gasteiger partial charge in [0.1, 0.15) is 4.83 Å². The first-order valence-electron chi connectivity index (χ1n) is 9.21. The molecule has 0 amide bonds. The Hall–Kier alpha value is -1.86. The van der Waals surface area contributed by atoms with Gasteiger partial charge in [-0.25, -0.2) is 4.98 Å². The highest BCUT2D eigenvalue weighted by molar-refractivity contribution is 7.93.